The minimum Gasteiger partial charge on any atom is -0.334 e. The van der Waals surface area contributed by atoms with E-state index in [0.29, 0.717) is 10.6 Å². The Morgan fingerprint density at radius 2 is 2.00 bits per heavy atom. The highest BCUT2D eigenvalue weighted by atomic mass is 35.5. The van der Waals surface area contributed by atoms with E-state index in [0.717, 1.165) is 4.88 Å². The summed E-state index contributed by atoms with van der Waals surface area (Å²) in [5.74, 6) is -0.0542. The van der Waals surface area contributed by atoms with Crippen molar-refractivity contribution >= 4 is 28.8 Å². The van der Waals surface area contributed by atoms with E-state index < -0.39 is 0 Å². The van der Waals surface area contributed by atoms with Crippen molar-refractivity contribution in [1.82, 2.24) is 4.90 Å². The van der Waals surface area contributed by atoms with Gasteiger partial charge in [-0.3, -0.25) is 4.79 Å². The van der Waals surface area contributed by atoms with E-state index in [-0.39, 0.29) is 11.9 Å². The van der Waals surface area contributed by atoms with Crippen LogP contribution in [-0.2, 0) is 0 Å². The summed E-state index contributed by atoms with van der Waals surface area (Å²) in [7, 11) is 1.80. The van der Waals surface area contributed by atoms with Gasteiger partial charge in [-0.2, -0.15) is 0 Å². The molecular formula is C14H14ClNOS. The molecule has 0 spiro atoms. The molecule has 1 amide bonds. The second kappa shape index (κ2) is 5.55. The first-order valence-electron chi connectivity index (χ1n) is 5.66. The number of rotatable bonds is 3. The zero-order valence-corrected chi connectivity index (χ0v) is 11.8. The summed E-state index contributed by atoms with van der Waals surface area (Å²) in [6.45, 7) is 2.01. The molecule has 2 aromatic rings. The predicted molar refractivity (Wildman–Crippen MR) is 76.3 cm³/mol. The third-order valence-electron chi connectivity index (χ3n) is 2.96. The first-order chi connectivity index (χ1) is 8.61. The Kier molecular flexibility index (Phi) is 4.04. The van der Waals surface area contributed by atoms with E-state index >= 15 is 0 Å². The molecule has 1 atom stereocenters. The lowest BCUT2D eigenvalue weighted by Crippen LogP contribution is -2.29. The lowest BCUT2D eigenvalue weighted by molar-refractivity contribution is 0.0745. The maximum atomic E-state index is 12.3. The Hall–Kier alpha value is -1.32. The fraction of sp³-hybridized carbons (Fsp3) is 0.214. The zero-order chi connectivity index (χ0) is 13.1. The van der Waals surface area contributed by atoms with Crippen LogP contribution in [0.15, 0.2) is 41.8 Å². The Bertz CT molecular complexity index is 538. The molecule has 0 aliphatic rings. The van der Waals surface area contributed by atoms with E-state index in [1.807, 2.05) is 36.6 Å². The normalized spacial score (nSPS) is 12.2. The molecule has 0 N–H and O–H groups in total. The first-order valence-corrected chi connectivity index (χ1v) is 6.92. The summed E-state index contributed by atoms with van der Waals surface area (Å²) in [6.07, 6.45) is 0. The standard InChI is InChI=1S/C14H14ClNOS/c1-10(13-8-5-9-18-13)16(2)14(17)11-6-3-4-7-12(11)15/h3-10H,1-2H3. The van der Waals surface area contributed by atoms with E-state index in [9.17, 15) is 4.79 Å². The SMILES string of the molecule is CC(c1cccs1)N(C)C(=O)c1ccccc1Cl. The molecule has 1 aromatic heterocycles. The largest absolute Gasteiger partial charge is 0.334 e. The summed E-state index contributed by atoms with van der Waals surface area (Å²) in [6, 6.07) is 11.2. The Morgan fingerprint density at radius 1 is 1.28 bits per heavy atom. The Labute approximate surface area is 116 Å². The van der Waals surface area contributed by atoms with E-state index in [1.54, 1.807) is 35.4 Å². The van der Waals surface area contributed by atoms with Crippen LogP contribution in [0.3, 0.4) is 0 Å². The maximum Gasteiger partial charge on any atom is 0.255 e. The molecule has 1 unspecified atom stereocenters. The number of thiophene rings is 1. The molecule has 2 rings (SSSR count). The summed E-state index contributed by atoms with van der Waals surface area (Å²) in [4.78, 5) is 15.2. The highest BCUT2D eigenvalue weighted by Crippen LogP contribution is 2.26. The van der Waals surface area contributed by atoms with Crippen molar-refractivity contribution in [2.45, 2.75) is 13.0 Å². The molecule has 0 fully saturated rings. The molecular weight excluding hydrogens is 266 g/mol. The molecule has 18 heavy (non-hydrogen) atoms. The van der Waals surface area contributed by atoms with Gasteiger partial charge in [0.05, 0.1) is 16.6 Å². The van der Waals surface area contributed by atoms with Crippen LogP contribution in [0.2, 0.25) is 5.02 Å². The van der Waals surface area contributed by atoms with Crippen molar-refractivity contribution in [1.29, 1.82) is 0 Å². The number of benzene rings is 1. The first kappa shape index (κ1) is 13.1. The summed E-state index contributed by atoms with van der Waals surface area (Å²) >= 11 is 7.70. The minimum absolute atomic E-state index is 0.0498. The van der Waals surface area contributed by atoms with Crippen molar-refractivity contribution in [2.24, 2.45) is 0 Å². The van der Waals surface area contributed by atoms with Crippen molar-refractivity contribution in [3.8, 4) is 0 Å². The van der Waals surface area contributed by atoms with E-state index in [4.69, 9.17) is 11.6 Å². The molecule has 0 saturated carbocycles. The molecule has 0 saturated heterocycles. The van der Waals surface area contributed by atoms with Crippen molar-refractivity contribution in [2.75, 3.05) is 7.05 Å². The van der Waals surface area contributed by atoms with Crippen LogP contribution in [0, 0.1) is 0 Å². The number of nitrogens with zero attached hydrogens (tertiary/aromatic N) is 1. The number of amides is 1. The molecule has 2 nitrogen and oxygen atoms in total. The molecule has 1 aromatic carbocycles. The molecule has 0 aliphatic heterocycles. The van der Waals surface area contributed by atoms with Gasteiger partial charge in [-0.1, -0.05) is 29.8 Å². The van der Waals surface area contributed by atoms with Crippen LogP contribution in [0.5, 0.6) is 0 Å². The lowest BCUT2D eigenvalue weighted by atomic mass is 10.1. The third-order valence-corrected chi connectivity index (χ3v) is 4.33. The third kappa shape index (κ3) is 2.57. The van der Waals surface area contributed by atoms with E-state index in [1.165, 1.54) is 0 Å². The van der Waals surface area contributed by atoms with Gasteiger partial charge < -0.3 is 4.90 Å². The van der Waals surface area contributed by atoms with Crippen LogP contribution in [0.1, 0.15) is 28.2 Å². The topological polar surface area (TPSA) is 20.3 Å². The molecule has 4 heteroatoms. The maximum absolute atomic E-state index is 12.3. The van der Waals surface area contributed by atoms with Crippen molar-refractivity contribution in [3.05, 3.63) is 57.2 Å². The van der Waals surface area contributed by atoms with Crippen LogP contribution in [-0.4, -0.2) is 17.9 Å². The van der Waals surface area contributed by atoms with Gasteiger partial charge in [-0.15, -0.1) is 11.3 Å². The quantitative estimate of drug-likeness (QED) is 0.823. The van der Waals surface area contributed by atoms with Gasteiger partial charge in [0.25, 0.3) is 5.91 Å². The molecule has 94 valence electrons. The zero-order valence-electron chi connectivity index (χ0n) is 10.3. The van der Waals surface area contributed by atoms with Crippen LogP contribution in [0.25, 0.3) is 0 Å². The monoisotopic (exact) mass is 279 g/mol. The summed E-state index contributed by atoms with van der Waals surface area (Å²) in [5.41, 5.74) is 0.546. The van der Waals surface area contributed by atoms with Crippen molar-refractivity contribution < 1.29 is 4.79 Å². The molecule has 0 aliphatic carbocycles. The number of hydrogen-bond donors (Lipinski definition) is 0. The smallest absolute Gasteiger partial charge is 0.255 e. The van der Waals surface area contributed by atoms with E-state index in [2.05, 4.69) is 0 Å². The average molecular weight is 280 g/mol. The second-order valence-corrected chi connectivity index (χ2v) is 5.47. The predicted octanol–water partition coefficient (Wildman–Crippen LogP) is 4.23. The van der Waals surface area contributed by atoms with Gasteiger partial charge in [0, 0.05) is 11.9 Å². The van der Waals surface area contributed by atoms with Gasteiger partial charge in [0.15, 0.2) is 0 Å². The minimum atomic E-state index is -0.0542. The van der Waals surface area contributed by atoms with Gasteiger partial charge in [-0.05, 0) is 30.5 Å². The summed E-state index contributed by atoms with van der Waals surface area (Å²) in [5, 5.41) is 2.51. The average Bonchev–Trinajstić information content (AvgIpc) is 2.90. The number of halogens is 1. The Morgan fingerprint density at radius 3 is 2.61 bits per heavy atom. The molecule has 1 heterocycles. The molecule has 0 bridgehead atoms. The van der Waals surface area contributed by atoms with Gasteiger partial charge in [0.2, 0.25) is 0 Å². The highest BCUT2D eigenvalue weighted by molar-refractivity contribution is 7.10. The summed E-state index contributed by atoms with van der Waals surface area (Å²) < 4.78 is 0. The lowest BCUT2D eigenvalue weighted by Gasteiger charge is -2.24. The number of hydrogen-bond acceptors (Lipinski definition) is 2. The fourth-order valence-corrected chi connectivity index (χ4v) is 2.76. The van der Waals surface area contributed by atoms with Crippen LogP contribution < -0.4 is 0 Å². The Balaban J connectivity index is 2.22. The second-order valence-electron chi connectivity index (χ2n) is 4.09. The van der Waals surface area contributed by atoms with Gasteiger partial charge >= 0.3 is 0 Å². The van der Waals surface area contributed by atoms with Gasteiger partial charge in [0.1, 0.15) is 0 Å². The van der Waals surface area contributed by atoms with Crippen molar-refractivity contribution in [3.63, 3.8) is 0 Å². The molecule has 0 radical (unpaired) electrons. The van der Waals surface area contributed by atoms with Crippen LogP contribution in [0.4, 0.5) is 0 Å². The highest BCUT2D eigenvalue weighted by Gasteiger charge is 2.20. The fourth-order valence-electron chi connectivity index (χ4n) is 1.72. The van der Waals surface area contributed by atoms with Gasteiger partial charge in [-0.25, -0.2) is 0 Å². The van der Waals surface area contributed by atoms with Crippen LogP contribution >= 0.6 is 22.9 Å². The number of carbonyl (C=O) groups excluding carboxylic acids is 1. The number of carbonyl (C=O) groups is 1.